The summed E-state index contributed by atoms with van der Waals surface area (Å²) < 4.78 is 0. The van der Waals surface area contributed by atoms with Gasteiger partial charge in [0, 0.05) is 18.6 Å². The summed E-state index contributed by atoms with van der Waals surface area (Å²) in [6.07, 6.45) is 13.0. The molecule has 0 aromatic rings. The van der Waals surface area contributed by atoms with Gasteiger partial charge in [-0.1, -0.05) is 19.3 Å². The average Bonchev–Trinajstić information content (AvgIpc) is 3.17. The SMILES string of the molecule is CN(CC1CCC1)C1(CN)CCCC(C2CC2)C1. The summed E-state index contributed by atoms with van der Waals surface area (Å²) in [4.78, 5) is 2.66. The van der Waals surface area contributed by atoms with E-state index in [-0.39, 0.29) is 0 Å². The summed E-state index contributed by atoms with van der Waals surface area (Å²) >= 11 is 0. The highest BCUT2D eigenvalue weighted by Crippen LogP contribution is 2.48. The van der Waals surface area contributed by atoms with Crippen molar-refractivity contribution in [1.82, 2.24) is 4.90 Å². The van der Waals surface area contributed by atoms with E-state index in [2.05, 4.69) is 11.9 Å². The summed E-state index contributed by atoms with van der Waals surface area (Å²) in [5, 5.41) is 0. The molecule has 2 unspecified atom stereocenters. The van der Waals surface area contributed by atoms with Gasteiger partial charge >= 0.3 is 0 Å². The molecule has 0 bridgehead atoms. The first kappa shape index (κ1) is 12.9. The monoisotopic (exact) mass is 250 g/mol. The Morgan fingerprint density at radius 1 is 1.06 bits per heavy atom. The minimum atomic E-state index is 0.348. The minimum Gasteiger partial charge on any atom is -0.329 e. The zero-order valence-electron chi connectivity index (χ0n) is 12.0. The molecule has 3 rings (SSSR count). The Hall–Kier alpha value is -0.0800. The van der Waals surface area contributed by atoms with Crippen LogP contribution in [0.5, 0.6) is 0 Å². The van der Waals surface area contributed by atoms with Crippen molar-refractivity contribution in [3.05, 3.63) is 0 Å². The van der Waals surface area contributed by atoms with Crippen LogP contribution in [0.2, 0.25) is 0 Å². The highest BCUT2D eigenvalue weighted by Gasteiger charge is 2.43. The van der Waals surface area contributed by atoms with Gasteiger partial charge in [-0.3, -0.25) is 4.90 Å². The second kappa shape index (κ2) is 5.13. The van der Waals surface area contributed by atoms with Gasteiger partial charge in [0.1, 0.15) is 0 Å². The van der Waals surface area contributed by atoms with E-state index in [1.807, 2.05) is 0 Å². The summed E-state index contributed by atoms with van der Waals surface area (Å²) in [7, 11) is 2.35. The Morgan fingerprint density at radius 3 is 2.39 bits per heavy atom. The van der Waals surface area contributed by atoms with E-state index >= 15 is 0 Å². The lowest BCUT2D eigenvalue weighted by molar-refractivity contribution is 0.0298. The van der Waals surface area contributed by atoms with Crippen LogP contribution >= 0.6 is 0 Å². The molecule has 0 radical (unpaired) electrons. The average molecular weight is 250 g/mol. The van der Waals surface area contributed by atoms with E-state index in [1.54, 1.807) is 0 Å². The van der Waals surface area contributed by atoms with E-state index in [1.165, 1.54) is 64.3 Å². The molecular formula is C16H30N2. The molecule has 2 N–H and O–H groups in total. The van der Waals surface area contributed by atoms with Crippen molar-refractivity contribution >= 4 is 0 Å². The molecule has 0 amide bonds. The molecular weight excluding hydrogens is 220 g/mol. The fraction of sp³-hybridized carbons (Fsp3) is 1.00. The first-order valence-electron chi connectivity index (χ1n) is 8.15. The van der Waals surface area contributed by atoms with E-state index in [9.17, 15) is 0 Å². The van der Waals surface area contributed by atoms with Crippen molar-refractivity contribution in [2.75, 3.05) is 20.1 Å². The standard InChI is InChI=1S/C16H30N2/c1-18(11-13-4-2-5-13)16(12-17)9-3-6-15(10-16)14-7-8-14/h13-15H,2-12,17H2,1H3. The molecule has 2 nitrogen and oxygen atoms in total. The van der Waals surface area contributed by atoms with Gasteiger partial charge in [-0.25, -0.2) is 0 Å². The van der Waals surface area contributed by atoms with Gasteiger partial charge in [-0.2, -0.15) is 0 Å². The van der Waals surface area contributed by atoms with Gasteiger partial charge in [-0.05, 0) is 63.3 Å². The zero-order valence-corrected chi connectivity index (χ0v) is 12.0. The van der Waals surface area contributed by atoms with Crippen molar-refractivity contribution in [3.8, 4) is 0 Å². The largest absolute Gasteiger partial charge is 0.329 e. The first-order valence-corrected chi connectivity index (χ1v) is 8.15. The molecule has 0 spiro atoms. The Kier molecular flexibility index (Phi) is 3.68. The predicted molar refractivity (Wildman–Crippen MR) is 76.4 cm³/mol. The van der Waals surface area contributed by atoms with Crippen LogP contribution in [0.15, 0.2) is 0 Å². The predicted octanol–water partition coefficient (Wildman–Crippen LogP) is 3.02. The lowest BCUT2D eigenvalue weighted by atomic mass is 9.72. The molecule has 0 heterocycles. The second-order valence-electron chi connectivity index (χ2n) is 7.30. The normalized spacial score (nSPS) is 37.8. The van der Waals surface area contributed by atoms with E-state index in [0.717, 1.165) is 24.3 Å². The van der Waals surface area contributed by atoms with Gasteiger partial charge in [-0.15, -0.1) is 0 Å². The summed E-state index contributed by atoms with van der Waals surface area (Å²) in [6, 6.07) is 0. The fourth-order valence-electron chi connectivity index (χ4n) is 4.30. The van der Waals surface area contributed by atoms with Gasteiger partial charge in [0.05, 0.1) is 0 Å². The van der Waals surface area contributed by atoms with Gasteiger partial charge < -0.3 is 5.73 Å². The molecule has 104 valence electrons. The van der Waals surface area contributed by atoms with Gasteiger partial charge in [0.2, 0.25) is 0 Å². The molecule has 3 saturated carbocycles. The molecule has 0 aliphatic heterocycles. The number of hydrogen-bond acceptors (Lipinski definition) is 2. The van der Waals surface area contributed by atoms with Crippen LogP contribution in [0.25, 0.3) is 0 Å². The highest BCUT2D eigenvalue weighted by molar-refractivity contribution is 4.99. The van der Waals surface area contributed by atoms with E-state index in [0.29, 0.717) is 5.54 Å². The molecule has 0 saturated heterocycles. The Balaban J connectivity index is 1.63. The third kappa shape index (κ3) is 2.46. The molecule has 3 aliphatic carbocycles. The quantitative estimate of drug-likeness (QED) is 0.812. The molecule has 3 aliphatic rings. The van der Waals surface area contributed by atoms with Gasteiger partial charge in [0.25, 0.3) is 0 Å². The van der Waals surface area contributed by atoms with Crippen LogP contribution in [0, 0.1) is 17.8 Å². The Labute approximate surface area is 112 Å². The molecule has 18 heavy (non-hydrogen) atoms. The summed E-state index contributed by atoms with van der Waals surface area (Å²) in [5.41, 5.74) is 6.56. The molecule has 2 heteroatoms. The number of nitrogens with zero attached hydrogens (tertiary/aromatic N) is 1. The molecule has 0 aromatic heterocycles. The van der Waals surface area contributed by atoms with Gasteiger partial charge in [0.15, 0.2) is 0 Å². The molecule has 2 atom stereocenters. The summed E-state index contributed by atoms with van der Waals surface area (Å²) in [6.45, 7) is 2.17. The maximum absolute atomic E-state index is 6.22. The van der Waals surface area contributed by atoms with Crippen molar-refractivity contribution in [2.45, 2.75) is 63.3 Å². The number of hydrogen-bond donors (Lipinski definition) is 1. The fourth-order valence-corrected chi connectivity index (χ4v) is 4.30. The summed E-state index contributed by atoms with van der Waals surface area (Å²) in [5.74, 6) is 3.03. The van der Waals surface area contributed by atoms with Crippen LogP contribution in [-0.2, 0) is 0 Å². The zero-order chi connectivity index (χ0) is 12.6. The van der Waals surface area contributed by atoms with Crippen LogP contribution in [0.1, 0.15) is 57.8 Å². The lowest BCUT2D eigenvalue weighted by Crippen LogP contribution is -2.56. The maximum atomic E-state index is 6.22. The molecule has 3 fully saturated rings. The van der Waals surface area contributed by atoms with Crippen LogP contribution in [-0.4, -0.2) is 30.6 Å². The third-order valence-corrected chi connectivity index (χ3v) is 6.09. The van der Waals surface area contributed by atoms with Crippen molar-refractivity contribution in [2.24, 2.45) is 23.5 Å². The number of likely N-dealkylation sites (N-methyl/N-ethyl adjacent to an activating group) is 1. The van der Waals surface area contributed by atoms with Crippen molar-refractivity contribution in [3.63, 3.8) is 0 Å². The van der Waals surface area contributed by atoms with Crippen molar-refractivity contribution in [1.29, 1.82) is 0 Å². The van der Waals surface area contributed by atoms with E-state index in [4.69, 9.17) is 5.73 Å². The number of nitrogens with two attached hydrogens (primary N) is 1. The van der Waals surface area contributed by atoms with Crippen molar-refractivity contribution < 1.29 is 0 Å². The maximum Gasteiger partial charge on any atom is 0.0331 e. The lowest BCUT2D eigenvalue weighted by Gasteiger charge is -2.48. The third-order valence-electron chi connectivity index (χ3n) is 6.09. The van der Waals surface area contributed by atoms with Crippen LogP contribution < -0.4 is 5.73 Å². The first-order chi connectivity index (χ1) is 8.73. The van der Waals surface area contributed by atoms with Crippen LogP contribution in [0.3, 0.4) is 0 Å². The number of rotatable bonds is 5. The Morgan fingerprint density at radius 2 is 1.83 bits per heavy atom. The van der Waals surface area contributed by atoms with Crippen LogP contribution in [0.4, 0.5) is 0 Å². The smallest absolute Gasteiger partial charge is 0.0331 e. The Bertz CT molecular complexity index is 283. The minimum absolute atomic E-state index is 0.348. The van der Waals surface area contributed by atoms with E-state index < -0.39 is 0 Å². The molecule has 0 aromatic carbocycles. The highest BCUT2D eigenvalue weighted by atomic mass is 15.2. The second-order valence-corrected chi connectivity index (χ2v) is 7.30. The topological polar surface area (TPSA) is 29.3 Å².